The molecule has 0 unspecified atom stereocenters. The number of halogens is 2. The van der Waals surface area contributed by atoms with Gasteiger partial charge in [0.15, 0.2) is 17.3 Å². The van der Waals surface area contributed by atoms with Crippen molar-refractivity contribution in [1.82, 2.24) is 5.43 Å². The Labute approximate surface area is 179 Å². The molecule has 3 rings (SSSR count). The van der Waals surface area contributed by atoms with Gasteiger partial charge in [-0.3, -0.25) is 4.79 Å². The summed E-state index contributed by atoms with van der Waals surface area (Å²) in [5.41, 5.74) is 3.75. The van der Waals surface area contributed by atoms with Crippen molar-refractivity contribution in [3.05, 3.63) is 56.7 Å². The highest BCUT2D eigenvalue weighted by Gasteiger charge is 2.15. The molecule has 0 fully saturated rings. The first-order valence-electron chi connectivity index (χ1n) is 8.44. The van der Waals surface area contributed by atoms with Gasteiger partial charge in [-0.1, -0.05) is 22.0 Å². The number of nitrogens with one attached hydrogen (secondary N) is 1. The molecule has 1 heterocycles. The second kappa shape index (κ2) is 8.79. The number of furan rings is 1. The number of hydrogen-bond acceptors (Lipinski definition) is 5. The van der Waals surface area contributed by atoms with Gasteiger partial charge in [0.2, 0.25) is 0 Å². The number of carbonyl (C=O) groups is 1. The second-order valence-corrected chi connectivity index (χ2v) is 7.93. The molecule has 0 spiro atoms. The molecule has 0 bridgehead atoms. The van der Waals surface area contributed by atoms with Gasteiger partial charge in [-0.2, -0.15) is 5.10 Å². The van der Waals surface area contributed by atoms with Crippen LogP contribution in [0.2, 0.25) is 0 Å². The first kappa shape index (κ1) is 20.4. The van der Waals surface area contributed by atoms with E-state index >= 15 is 0 Å². The number of nitrogens with zero attached hydrogens (tertiary/aromatic N) is 1. The molecule has 2 aromatic carbocycles. The number of hydrazone groups is 1. The molecule has 8 heteroatoms. The zero-order valence-electron chi connectivity index (χ0n) is 15.5. The molecule has 1 N–H and O–H groups in total. The lowest BCUT2D eigenvalue weighted by Crippen LogP contribution is -2.17. The number of benzene rings is 2. The lowest BCUT2D eigenvalue weighted by molar-refractivity contribution is 0.0929. The predicted octanol–water partition coefficient (Wildman–Crippen LogP) is 5.52. The number of carbonyl (C=O) groups excluding carboxylic acids is 1. The number of fused-ring (bicyclic) bond motifs is 1. The van der Waals surface area contributed by atoms with Gasteiger partial charge in [0.1, 0.15) is 5.58 Å². The van der Waals surface area contributed by atoms with Crippen molar-refractivity contribution in [2.75, 3.05) is 7.11 Å². The van der Waals surface area contributed by atoms with Crippen LogP contribution in [0.5, 0.6) is 11.5 Å². The average molecular weight is 510 g/mol. The van der Waals surface area contributed by atoms with Gasteiger partial charge in [-0.25, -0.2) is 5.43 Å². The molecule has 6 nitrogen and oxygen atoms in total. The molecule has 0 radical (unpaired) electrons. The number of ether oxygens (including phenoxy) is 2. The first-order valence-corrected chi connectivity index (χ1v) is 10.0. The van der Waals surface area contributed by atoms with Crippen LogP contribution < -0.4 is 14.9 Å². The number of para-hydroxylation sites is 1. The van der Waals surface area contributed by atoms with Gasteiger partial charge >= 0.3 is 5.91 Å². The Kier molecular flexibility index (Phi) is 6.41. The van der Waals surface area contributed by atoms with Crippen LogP contribution in [-0.2, 0) is 0 Å². The molecule has 0 aliphatic heterocycles. The number of amides is 1. The Hall–Kier alpha value is -2.32. The summed E-state index contributed by atoms with van der Waals surface area (Å²) in [7, 11) is 1.57. The van der Waals surface area contributed by atoms with Crippen LogP contribution in [0.3, 0.4) is 0 Å². The summed E-state index contributed by atoms with van der Waals surface area (Å²) < 4.78 is 18.4. The van der Waals surface area contributed by atoms with E-state index in [4.69, 9.17) is 13.9 Å². The summed E-state index contributed by atoms with van der Waals surface area (Å²) in [5.74, 6) is 0.868. The second-order valence-electron chi connectivity index (χ2n) is 6.16. The highest BCUT2D eigenvalue weighted by atomic mass is 79.9. The summed E-state index contributed by atoms with van der Waals surface area (Å²) in [6.07, 6.45) is 1.47. The lowest BCUT2D eigenvalue weighted by atomic mass is 10.2. The van der Waals surface area contributed by atoms with E-state index in [1.807, 2.05) is 38.1 Å². The van der Waals surface area contributed by atoms with Gasteiger partial charge < -0.3 is 13.9 Å². The molecular weight excluding hydrogens is 492 g/mol. The standard InChI is InChI=1S/C20H18Br2N2O4/c1-11(2)27-19-12(5-4-6-16(19)26-3)10-23-24-20(25)17-8-13-7-14(21)9-15(22)18(13)28-17/h4-11H,1-3H3,(H,24,25)/b23-10-. The number of hydrogen-bond donors (Lipinski definition) is 1. The molecule has 28 heavy (non-hydrogen) atoms. The Morgan fingerprint density at radius 3 is 2.75 bits per heavy atom. The van der Waals surface area contributed by atoms with Gasteiger partial charge in [0.05, 0.1) is 23.9 Å². The first-order chi connectivity index (χ1) is 13.4. The fourth-order valence-electron chi connectivity index (χ4n) is 2.56. The maximum atomic E-state index is 12.4. The maximum Gasteiger partial charge on any atom is 0.307 e. The minimum atomic E-state index is -0.454. The Morgan fingerprint density at radius 2 is 2.04 bits per heavy atom. The summed E-state index contributed by atoms with van der Waals surface area (Å²) in [6.45, 7) is 3.85. The van der Waals surface area contributed by atoms with Crippen LogP contribution >= 0.6 is 31.9 Å². The van der Waals surface area contributed by atoms with Gasteiger partial charge in [-0.05, 0) is 60.1 Å². The minimum absolute atomic E-state index is 0.0358. The van der Waals surface area contributed by atoms with E-state index in [0.29, 0.717) is 22.6 Å². The largest absolute Gasteiger partial charge is 0.493 e. The summed E-state index contributed by atoms with van der Waals surface area (Å²) in [5, 5.41) is 4.83. The molecule has 3 aromatic rings. The molecule has 0 saturated carbocycles. The topological polar surface area (TPSA) is 73.1 Å². The molecule has 1 aromatic heterocycles. The quantitative estimate of drug-likeness (QED) is 0.351. The van der Waals surface area contributed by atoms with Crippen molar-refractivity contribution in [1.29, 1.82) is 0 Å². The Morgan fingerprint density at radius 1 is 1.25 bits per heavy atom. The van der Waals surface area contributed by atoms with E-state index in [0.717, 1.165) is 14.3 Å². The maximum absolute atomic E-state index is 12.4. The molecule has 0 saturated heterocycles. The van der Waals surface area contributed by atoms with E-state index < -0.39 is 5.91 Å². The summed E-state index contributed by atoms with van der Waals surface area (Å²) >= 11 is 6.84. The molecule has 0 aliphatic carbocycles. The van der Waals surface area contributed by atoms with E-state index in [-0.39, 0.29) is 11.9 Å². The van der Waals surface area contributed by atoms with Crippen molar-refractivity contribution >= 4 is 55.0 Å². The highest BCUT2D eigenvalue weighted by molar-refractivity contribution is 9.11. The van der Waals surface area contributed by atoms with Crippen molar-refractivity contribution in [3.8, 4) is 11.5 Å². The smallest absolute Gasteiger partial charge is 0.307 e. The van der Waals surface area contributed by atoms with Gasteiger partial charge in [-0.15, -0.1) is 0 Å². The Bertz CT molecular complexity index is 1040. The molecule has 146 valence electrons. The fourth-order valence-corrected chi connectivity index (χ4v) is 3.90. The zero-order chi connectivity index (χ0) is 20.3. The van der Waals surface area contributed by atoms with Crippen LogP contribution in [0.25, 0.3) is 11.0 Å². The zero-order valence-corrected chi connectivity index (χ0v) is 18.6. The van der Waals surface area contributed by atoms with E-state index in [9.17, 15) is 4.79 Å². The summed E-state index contributed by atoms with van der Waals surface area (Å²) in [4.78, 5) is 12.4. The summed E-state index contributed by atoms with van der Waals surface area (Å²) in [6, 6.07) is 10.8. The van der Waals surface area contributed by atoms with E-state index in [2.05, 4.69) is 42.4 Å². The van der Waals surface area contributed by atoms with Crippen molar-refractivity contribution < 1.29 is 18.7 Å². The third kappa shape index (κ3) is 4.56. The average Bonchev–Trinajstić information content (AvgIpc) is 3.07. The van der Waals surface area contributed by atoms with Crippen LogP contribution in [0, 0.1) is 0 Å². The molecule has 0 aliphatic rings. The lowest BCUT2D eigenvalue weighted by Gasteiger charge is -2.15. The van der Waals surface area contributed by atoms with Crippen LogP contribution in [0.4, 0.5) is 0 Å². The minimum Gasteiger partial charge on any atom is -0.493 e. The van der Waals surface area contributed by atoms with E-state index in [1.54, 1.807) is 19.2 Å². The van der Waals surface area contributed by atoms with Crippen LogP contribution in [0.1, 0.15) is 30.0 Å². The van der Waals surface area contributed by atoms with Crippen LogP contribution in [0.15, 0.2) is 54.9 Å². The molecular formula is C20H18Br2N2O4. The monoisotopic (exact) mass is 508 g/mol. The van der Waals surface area contributed by atoms with Crippen LogP contribution in [-0.4, -0.2) is 25.3 Å². The number of rotatable bonds is 6. The highest BCUT2D eigenvalue weighted by Crippen LogP contribution is 2.32. The van der Waals surface area contributed by atoms with Gasteiger partial charge in [0, 0.05) is 15.4 Å². The number of methoxy groups -OCH3 is 1. The predicted molar refractivity (Wildman–Crippen MR) is 115 cm³/mol. The van der Waals surface area contributed by atoms with E-state index in [1.165, 1.54) is 6.21 Å². The fraction of sp³-hybridized carbons (Fsp3) is 0.200. The van der Waals surface area contributed by atoms with Crippen molar-refractivity contribution in [2.24, 2.45) is 5.10 Å². The third-order valence-corrected chi connectivity index (χ3v) is 4.76. The molecule has 0 atom stereocenters. The Balaban J connectivity index is 1.80. The normalized spacial score (nSPS) is 11.4. The SMILES string of the molecule is COc1cccc(/C=N\NC(=O)c2cc3cc(Br)cc(Br)c3o2)c1OC(C)C. The van der Waals surface area contributed by atoms with Crippen molar-refractivity contribution in [3.63, 3.8) is 0 Å². The van der Waals surface area contributed by atoms with Crippen molar-refractivity contribution in [2.45, 2.75) is 20.0 Å². The van der Waals surface area contributed by atoms with Gasteiger partial charge in [0.25, 0.3) is 0 Å². The molecule has 1 amide bonds. The third-order valence-electron chi connectivity index (χ3n) is 3.71.